The standard InChI is InChI=1S/C14H19N3O/c1-10-4-3-5-12(8-10)9-13-16-14(18-17-13)7-6-11(2)15/h3-5,8,11H,6-7,9,15H2,1-2H3. The smallest absolute Gasteiger partial charge is 0.226 e. The molecule has 4 nitrogen and oxygen atoms in total. The Balaban J connectivity index is 1.98. The van der Waals surface area contributed by atoms with Gasteiger partial charge in [0.05, 0.1) is 0 Å². The summed E-state index contributed by atoms with van der Waals surface area (Å²) < 4.78 is 5.20. The Morgan fingerprint density at radius 2 is 2.22 bits per heavy atom. The molecule has 1 unspecified atom stereocenters. The Kier molecular flexibility index (Phi) is 4.10. The SMILES string of the molecule is Cc1cccc(Cc2noc(CCC(C)N)n2)c1. The lowest BCUT2D eigenvalue weighted by Gasteiger charge is -1.99. The summed E-state index contributed by atoms with van der Waals surface area (Å²) in [7, 11) is 0. The second-order valence-corrected chi connectivity index (χ2v) is 4.79. The first-order valence-electron chi connectivity index (χ1n) is 6.26. The quantitative estimate of drug-likeness (QED) is 0.877. The number of nitrogens with two attached hydrogens (primary N) is 1. The lowest BCUT2D eigenvalue weighted by atomic mass is 10.1. The molecule has 0 saturated carbocycles. The van der Waals surface area contributed by atoms with E-state index in [-0.39, 0.29) is 6.04 Å². The maximum absolute atomic E-state index is 5.70. The molecule has 4 heteroatoms. The molecule has 1 atom stereocenters. The highest BCUT2D eigenvalue weighted by Crippen LogP contribution is 2.10. The van der Waals surface area contributed by atoms with Gasteiger partial charge in [0.25, 0.3) is 0 Å². The molecule has 0 spiro atoms. The molecule has 0 aliphatic heterocycles. The number of aromatic nitrogens is 2. The molecule has 0 amide bonds. The van der Waals surface area contributed by atoms with Crippen molar-refractivity contribution in [2.24, 2.45) is 5.73 Å². The first-order chi connectivity index (χ1) is 8.63. The third-order valence-corrected chi connectivity index (χ3v) is 2.77. The molecule has 1 heterocycles. The summed E-state index contributed by atoms with van der Waals surface area (Å²) in [6.07, 6.45) is 2.33. The average molecular weight is 245 g/mol. The molecule has 0 aliphatic rings. The van der Waals surface area contributed by atoms with Crippen molar-refractivity contribution in [1.82, 2.24) is 10.1 Å². The predicted molar refractivity (Wildman–Crippen MR) is 70.3 cm³/mol. The van der Waals surface area contributed by atoms with E-state index in [2.05, 4.69) is 35.3 Å². The summed E-state index contributed by atoms with van der Waals surface area (Å²) in [6, 6.07) is 8.50. The summed E-state index contributed by atoms with van der Waals surface area (Å²) >= 11 is 0. The summed E-state index contributed by atoms with van der Waals surface area (Å²) in [5.74, 6) is 1.41. The van der Waals surface area contributed by atoms with Gasteiger partial charge in [-0.1, -0.05) is 35.0 Å². The zero-order chi connectivity index (χ0) is 13.0. The minimum atomic E-state index is 0.164. The number of nitrogens with zero attached hydrogens (tertiary/aromatic N) is 2. The molecule has 2 rings (SSSR count). The van der Waals surface area contributed by atoms with E-state index in [0.29, 0.717) is 12.3 Å². The van der Waals surface area contributed by atoms with Gasteiger partial charge in [-0.05, 0) is 25.8 Å². The van der Waals surface area contributed by atoms with E-state index in [0.717, 1.165) is 18.7 Å². The van der Waals surface area contributed by atoms with Gasteiger partial charge in [0, 0.05) is 18.9 Å². The Labute approximate surface area is 107 Å². The third-order valence-electron chi connectivity index (χ3n) is 2.77. The van der Waals surface area contributed by atoms with Crippen molar-refractivity contribution < 1.29 is 4.52 Å². The van der Waals surface area contributed by atoms with Gasteiger partial charge in [-0.2, -0.15) is 4.98 Å². The van der Waals surface area contributed by atoms with Gasteiger partial charge in [0.2, 0.25) is 5.89 Å². The van der Waals surface area contributed by atoms with Crippen LogP contribution in [-0.4, -0.2) is 16.2 Å². The van der Waals surface area contributed by atoms with Crippen LogP contribution >= 0.6 is 0 Å². The van der Waals surface area contributed by atoms with E-state index in [4.69, 9.17) is 10.3 Å². The molecule has 0 bridgehead atoms. The minimum Gasteiger partial charge on any atom is -0.339 e. The number of hydrogen-bond donors (Lipinski definition) is 1. The van der Waals surface area contributed by atoms with Gasteiger partial charge < -0.3 is 10.3 Å². The molecule has 2 aromatic rings. The second kappa shape index (κ2) is 5.78. The van der Waals surface area contributed by atoms with Crippen LogP contribution in [0.4, 0.5) is 0 Å². The van der Waals surface area contributed by atoms with Crippen LogP contribution in [0.1, 0.15) is 36.2 Å². The highest BCUT2D eigenvalue weighted by atomic mass is 16.5. The van der Waals surface area contributed by atoms with Crippen LogP contribution in [0.2, 0.25) is 0 Å². The van der Waals surface area contributed by atoms with Gasteiger partial charge in [-0.15, -0.1) is 0 Å². The maximum atomic E-state index is 5.70. The summed E-state index contributed by atoms with van der Waals surface area (Å²) in [6.45, 7) is 4.05. The number of aryl methyl sites for hydroxylation is 2. The molecule has 0 fully saturated rings. The normalized spacial score (nSPS) is 12.6. The van der Waals surface area contributed by atoms with Gasteiger partial charge >= 0.3 is 0 Å². The minimum absolute atomic E-state index is 0.164. The highest BCUT2D eigenvalue weighted by molar-refractivity contribution is 5.24. The van der Waals surface area contributed by atoms with Gasteiger partial charge in [-0.3, -0.25) is 0 Å². The third kappa shape index (κ3) is 3.67. The fourth-order valence-corrected chi connectivity index (χ4v) is 1.82. The number of benzene rings is 1. The first kappa shape index (κ1) is 12.8. The molecule has 0 saturated heterocycles. The Morgan fingerprint density at radius 3 is 2.94 bits per heavy atom. The molecular formula is C14H19N3O. The predicted octanol–water partition coefficient (Wildman–Crippen LogP) is 2.25. The van der Waals surface area contributed by atoms with Crippen molar-refractivity contribution in [1.29, 1.82) is 0 Å². The monoisotopic (exact) mass is 245 g/mol. The van der Waals surface area contributed by atoms with Crippen LogP contribution < -0.4 is 5.73 Å². The van der Waals surface area contributed by atoms with Crippen molar-refractivity contribution in [3.05, 3.63) is 47.1 Å². The molecule has 2 N–H and O–H groups in total. The van der Waals surface area contributed by atoms with E-state index in [1.54, 1.807) is 0 Å². The van der Waals surface area contributed by atoms with Crippen molar-refractivity contribution in [2.45, 2.75) is 39.2 Å². The van der Waals surface area contributed by atoms with E-state index in [1.165, 1.54) is 11.1 Å². The van der Waals surface area contributed by atoms with Crippen LogP contribution in [0.15, 0.2) is 28.8 Å². The Bertz CT molecular complexity index is 505. The topological polar surface area (TPSA) is 64.9 Å². The van der Waals surface area contributed by atoms with Gasteiger partial charge in [0.15, 0.2) is 5.82 Å². The van der Waals surface area contributed by atoms with E-state index in [1.807, 2.05) is 13.0 Å². The summed E-state index contributed by atoms with van der Waals surface area (Å²) in [4.78, 5) is 4.37. The second-order valence-electron chi connectivity index (χ2n) is 4.79. The van der Waals surface area contributed by atoms with Crippen molar-refractivity contribution >= 4 is 0 Å². The highest BCUT2D eigenvalue weighted by Gasteiger charge is 2.08. The summed E-state index contributed by atoms with van der Waals surface area (Å²) in [5, 5.41) is 3.99. The molecule has 0 aliphatic carbocycles. The van der Waals surface area contributed by atoms with Gasteiger partial charge in [0.1, 0.15) is 0 Å². The fraction of sp³-hybridized carbons (Fsp3) is 0.429. The molecule has 1 aromatic carbocycles. The molecule has 1 aromatic heterocycles. The Hall–Kier alpha value is -1.68. The van der Waals surface area contributed by atoms with E-state index in [9.17, 15) is 0 Å². The van der Waals surface area contributed by atoms with Crippen molar-refractivity contribution in [3.63, 3.8) is 0 Å². The zero-order valence-electron chi connectivity index (χ0n) is 10.9. The number of rotatable bonds is 5. The van der Waals surface area contributed by atoms with Crippen LogP contribution in [0, 0.1) is 6.92 Å². The lowest BCUT2D eigenvalue weighted by molar-refractivity contribution is 0.368. The fourth-order valence-electron chi connectivity index (χ4n) is 1.82. The van der Waals surface area contributed by atoms with Crippen LogP contribution in [0.3, 0.4) is 0 Å². The average Bonchev–Trinajstić information content (AvgIpc) is 2.74. The summed E-state index contributed by atoms with van der Waals surface area (Å²) in [5.41, 5.74) is 8.14. The van der Waals surface area contributed by atoms with Crippen LogP contribution in [-0.2, 0) is 12.8 Å². The van der Waals surface area contributed by atoms with Crippen LogP contribution in [0.25, 0.3) is 0 Å². The van der Waals surface area contributed by atoms with Crippen molar-refractivity contribution in [3.8, 4) is 0 Å². The van der Waals surface area contributed by atoms with Gasteiger partial charge in [-0.25, -0.2) is 0 Å². The zero-order valence-corrected chi connectivity index (χ0v) is 10.9. The molecule has 0 radical (unpaired) electrons. The lowest BCUT2D eigenvalue weighted by Crippen LogP contribution is -2.15. The van der Waals surface area contributed by atoms with E-state index >= 15 is 0 Å². The molecule has 18 heavy (non-hydrogen) atoms. The van der Waals surface area contributed by atoms with Crippen molar-refractivity contribution in [2.75, 3.05) is 0 Å². The molecule has 96 valence electrons. The largest absolute Gasteiger partial charge is 0.339 e. The Morgan fingerprint density at radius 1 is 1.39 bits per heavy atom. The maximum Gasteiger partial charge on any atom is 0.226 e. The first-order valence-corrected chi connectivity index (χ1v) is 6.26. The molecular weight excluding hydrogens is 226 g/mol. The van der Waals surface area contributed by atoms with E-state index < -0.39 is 0 Å². The van der Waals surface area contributed by atoms with Crippen LogP contribution in [0.5, 0.6) is 0 Å². The number of hydrogen-bond acceptors (Lipinski definition) is 4.